The van der Waals surface area contributed by atoms with Crippen LogP contribution in [0.25, 0.3) is 11.4 Å². The second-order valence-corrected chi connectivity index (χ2v) is 9.69. The van der Waals surface area contributed by atoms with Crippen LogP contribution in [-0.4, -0.2) is 58.6 Å². The highest BCUT2D eigenvalue weighted by Crippen LogP contribution is 2.21. The Kier molecular flexibility index (Phi) is 6.02. The number of hydrogen-bond acceptors (Lipinski definition) is 6. The van der Waals surface area contributed by atoms with Crippen molar-refractivity contribution in [1.82, 2.24) is 24.0 Å². The van der Waals surface area contributed by atoms with Crippen molar-refractivity contribution in [3.05, 3.63) is 64.4 Å². The molecule has 1 N–H and O–H groups in total. The molecule has 10 heteroatoms. The molecule has 0 radical (unpaired) electrons. The summed E-state index contributed by atoms with van der Waals surface area (Å²) in [5.74, 6) is 0.708. The summed E-state index contributed by atoms with van der Waals surface area (Å²) in [6.07, 6.45) is 0. The summed E-state index contributed by atoms with van der Waals surface area (Å²) >= 11 is 5.40. The van der Waals surface area contributed by atoms with E-state index in [0.29, 0.717) is 43.4 Å². The number of hydrogen-bond donors (Lipinski definition) is 1. The van der Waals surface area contributed by atoms with Gasteiger partial charge in [-0.3, -0.25) is 10.00 Å². The van der Waals surface area contributed by atoms with E-state index < -0.39 is 10.0 Å². The quantitative estimate of drug-likeness (QED) is 0.596. The zero-order valence-corrected chi connectivity index (χ0v) is 18.7. The van der Waals surface area contributed by atoms with E-state index in [9.17, 15) is 13.7 Å². The Morgan fingerprint density at radius 2 is 1.77 bits per heavy atom. The molecule has 0 bridgehead atoms. The lowest BCUT2D eigenvalue weighted by Crippen LogP contribution is -2.49. The third-order valence-corrected chi connectivity index (χ3v) is 7.57. The van der Waals surface area contributed by atoms with Crippen LogP contribution in [-0.2, 0) is 16.7 Å². The molecule has 1 aliphatic heterocycles. The minimum Gasteiger partial charge on any atom is -0.282 e. The first kappa shape index (κ1) is 21.4. The number of H-pyrrole nitrogens is 1. The van der Waals surface area contributed by atoms with Crippen LogP contribution in [0.4, 0.5) is 0 Å². The predicted molar refractivity (Wildman–Crippen MR) is 119 cm³/mol. The number of aromatic amines is 1. The molecule has 8 nitrogen and oxygen atoms in total. The minimum atomic E-state index is -3.71. The Bertz CT molecular complexity index is 1280. The molecular weight excluding hydrogens is 432 g/mol. The number of rotatable bonds is 5. The zero-order valence-electron chi connectivity index (χ0n) is 17.0. The summed E-state index contributed by atoms with van der Waals surface area (Å²) in [4.78, 5) is 6.63. The topological polar surface area (TPSA) is 98.0 Å². The molecule has 160 valence electrons. The van der Waals surface area contributed by atoms with Gasteiger partial charge in [0.25, 0.3) is 0 Å². The molecule has 0 spiro atoms. The van der Waals surface area contributed by atoms with Crippen molar-refractivity contribution < 1.29 is 8.42 Å². The highest BCUT2D eigenvalue weighted by Gasteiger charge is 2.30. The smallest absolute Gasteiger partial charge is 0.244 e. The third-order valence-electron chi connectivity index (χ3n) is 5.30. The summed E-state index contributed by atoms with van der Waals surface area (Å²) in [6, 6.07) is 16.3. The van der Waals surface area contributed by atoms with E-state index in [1.54, 1.807) is 16.8 Å². The Morgan fingerprint density at radius 1 is 1.10 bits per heavy atom. The summed E-state index contributed by atoms with van der Waals surface area (Å²) in [5, 5.41) is 12.5. The average molecular weight is 455 g/mol. The van der Waals surface area contributed by atoms with Gasteiger partial charge in [-0.15, -0.1) is 0 Å². The first-order valence-electron chi connectivity index (χ1n) is 9.84. The molecule has 2 aromatic carbocycles. The fourth-order valence-corrected chi connectivity index (χ4v) is 5.29. The van der Waals surface area contributed by atoms with Gasteiger partial charge in [-0.1, -0.05) is 42.0 Å². The summed E-state index contributed by atoms with van der Waals surface area (Å²) < 4.78 is 29.7. The SMILES string of the molecule is Cc1ccc(-c2nc(=S)n(CN3CCN(S(=O)(=O)c4ccccc4C#N)CC3)[nH]2)cc1. The predicted octanol–water partition coefficient (Wildman–Crippen LogP) is 2.75. The minimum absolute atomic E-state index is 0.0597. The molecule has 1 fully saturated rings. The lowest BCUT2D eigenvalue weighted by molar-refractivity contribution is 0.145. The average Bonchev–Trinajstić information content (AvgIpc) is 3.14. The van der Waals surface area contributed by atoms with Crippen LogP contribution in [0.15, 0.2) is 53.4 Å². The van der Waals surface area contributed by atoms with Crippen LogP contribution < -0.4 is 0 Å². The fraction of sp³-hybridized carbons (Fsp3) is 0.286. The van der Waals surface area contributed by atoms with Gasteiger partial charge < -0.3 is 0 Å². The number of nitrogens with one attached hydrogen (secondary N) is 1. The van der Waals surface area contributed by atoms with Crippen molar-refractivity contribution in [3.8, 4) is 17.5 Å². The molecule has 4 rings (SSSR count). The van der Waals surface area contributed by atoms with Gasteiger partial charge in [0.1, 0.15) is 6.07 Å². The van der Waals surface area contributed by atoms with Crippen LogP contribution in [0.3, 0.4) is 0 Å². The van der Waals surface area contributed by atoms with Gasteiger partial charge in [0.15, 0.2) is 5.82 Å². The monoisotopic (exact) mass is 454 g/mol. The highest BCUT2D eigenvalue weighted by molar-refractivity contribution is 7.89. The molecule has 1 saturated heterocycles. The number of sulfonamides is 1. The molecule has 1 aromatic heterocycles. The second-order valence-electron chi connectivity index (χ2n) is 7.42. The van der Waals surface area contributed by atoms with Crippen molar-refractivity contribution >= 4 is 22.2 Å². The van der Waals surface area contributed by atoms with Crippen molar-refractivity contribution in [2.45, 2.75) is 18.5 Å². The van der Waals surface area contributed by atoms with Crippen LogP contribution in [0.5, 0.6) is 0 Å². The molecule has 31 heavy (non-hydrogen) atoms. The van der Waals surface area contributed by atoms with Gasteiger partial charge in [0.2, 0.25) is 14.8 Å². The summed E-state index contributed by atoms with van der Waals surface area (Å²) in [7, 11) is -3.71. The van der Waals surface area contributed by atoms with E-state index in [0.717, 1.165) is 5.56 Å². The molecule has 2 heterocycles. The van der Waals surface area contributed by atoms with Gasteiger partial charge in [0, 0.05) is 31.7 Å². The molecule has 0 aliphatic carbocycles. The van der Waals surface area contributed by atoms with E-state index in [1.807, 2.05) is 37.3 Å². The Balaban J connectivity index is 1.44. The fourth-order valence-electron chi connectivity index (χ4n) is 3.53. The van der Waals surface area contributed by atoms with E-state index in [1.165, 1.54) is 22.0 Å². The van der Waals surface area contributed by atoms with E-state index in [-0.39, 0.29) is 10.5 Å². The first-order valence-corrected chi connectivity index (χ1v) is 11.7. The van der Waals surface area contributed by atoms with Crippen molar-refractivity contribution in [2.75, 3.05) is 26.2 Å². The lowest BCUT2D eigenvalue weighted by Gasteiger charge is -2.33. The standard InChI is InChI=1S/C21H22N6O2S2/c1-16-6-8-17(9-7-16)20-23-21(30)27(24-20)15-25-10-12-26(13-11-25)31(28,29)19-5-3-2-4-18(19)14-22/h2-9H,10-13,15H2,1H3,(H,23,24,30). The molecule has 1 aliphatic rings. The van der Waals surface area contributed by atoms with E-state index >= 15 is 0 Å². The molecule has 0 amide bonds. The molecule has 0 unspecified atom stereocenters. The number of aromatic nitrogens is 3. The summed E-state index contributed by atoms with van der Waals surface area (Å²) in [6.45, 7) is 4.32. The number of aryl methyl sites for hydroxylation is 1. The maximum absolute atomic E-state index is 13.0. The maximum Gasteiger partial charge on any atom is 0.244 e. The third kappa shape index (κ3) is 4.45. The van der Waals surface area contributed by atoms with Gasteiger partial charge in [0.05, 0.1) is 17.1 Å². The van der Waals surface area contributed by atoms with Gasteiger partial charge in [-0.2, -0.15) is 14.6 Å². The maximum atomic E-state index is 13.0. The van der Waals surface area contributed by atoms with Crippen molar-refractivity contribution in [3.63, 3.8) is 0 Å². The van der Waals surface area contributed by atoms with Gasteiger partial charge >= 0.3 is 0 Å². The van der Waals surface area contributed by atoms with E-state index in [4.69, 9.17) is 12.2 Å². The Morgan fingerprint density at radius 3 is 2.45 bits per heavy atom. The van der Waals surface area contributed by atoms with Crippen LogP contribution in [0, 0.1) is 23.0 Å². The van der Waals surface area contributed by atoms with Gasteiger partial charge in [-0.25, -0.2) is 13.1 Å². The number of benzene rings is 2. The van der Waals surface area contributed by atoms with Crippen LogP contribution >= 0.6 is 12.2 Å². The van der Waals surface area contributed by atoms with E-state index in [2.05, 4.69) is 15.0 Å². The largest absolute Gasteiger partial charge is 0.282 e. The van der Waals surface area contributed by atoms with Crippen LogP contribution in [0.1, 0.15) is 11.1 Å². The molecule has 0 saturated carbocycles. The Labute approximate surface area is 186 Å². The highest BCUT2D eigenvalue weighted by atomic mass is 32.2. The number of nitrogens with zero attached hydrogens (tertiary/aromatic N) is 5. The lowest BCUT2D eigenvalue weighted by atomic mass is 10.1. The molecule has 3 aromatic rings. The normalized spacial score (nSPS) is 15.6. The van der Waals surface area contributed by atoms with Crippen molar-refractivity contribution in [1.29, 1.82) is 5.26 Å². The first-order chi connectivity index (χ1) is 14.9. The van der Waals surface area contributed by atoms with Crippen molar-refractivity contribution in [2.24, 2.45) is 0 Å². The van der Waals surface area contributed by atoms with Crippen LogP contribution in [0.2, 0.25) is 0 Å². The zero-order chi connectivity index (χ0) is 22.0. The Hall–Kier alpha value is -2.84. The second kappa shape index (κ2) is 8.72. The summed E-state index contributed by atoms with van der Waals surface area (Å²) in [5.41, 5.74) is 2.30. The molecule has 0 atom stereocenters. The number of piperazine rings is 1. The number of nitriles is 1. The van der Waals surface area contributed by atoms with Gasteiger partial charge in [-0.05, 0) is 31.3 Å². The molecular formula is C21H22N6O2S2.